The van der Waals surface area contributed by atoms with Crippen molar-refractivity contribution in [3.8, 4) is 5.75 Å². The van der Waals surface area contributed by atoms with Gasteiger partial charge in [-0.2, -0.15) is 0 Å². The zero-order valence-electron chi connectivity index (χ0n) is 15.7. The number of hydrogen-bond acceptors (Lipinski definition) is 5. The Morgan fingerprint density at radius 1 is 0.833 bits per heavy atom. The predicted molar refractivity (Wildman–Crippen MR) is 115 cm³/mol. The molecule has 0 bridgehead atoms. The Morgan fingerprint density at radius 2 is 1.47 bits per heavy atom. The van der Waals surface area contributed by atoms with Crippen LogP contribution in [-0.4, -0.2) is 23.0 Å². The van der Waals surface area contributed by atoms with E-state index >= 15 is 0 Å². The van der Waals surface area contributed by atoms with Crippen molar-refractivity contribution >= 4 is 39.1 Å². The van der Waals surface area contributed by atoms with Gasteiger partial charge < -0.3 is 5.11 Å². The Balaban J connectivity index is 1.63. The summed E-state index contributed by atoms with van der Waals surface area (Å²) in [5.41, 5.74) is 1.72. The van der Waals surface area contributed by atoms with Crippen molar-refractivity contribution in [3.63, 3.8) is 0 Å². The van der Waals surface area contributed by atoms with Gasteiger partial charge in [0.2, 0.25) is 5.91 Å². The first-order chi connectivity index (χ1) is 14.6. The van der Waals surface area contributed by atoms with Crippen molar-refractivity contribution < 1.29 is 19.5 Å². The summed E-state index contributed by atoms with van der Waals surface area (Å²) in [5.74, 6) is -1.52. The summed E-state index contributed by atoms with van der Waals surface area (Å²) in [6, 6.07) is 22.4. The Hall–Kier alpha value is -3.16. The molecule has 30 heavy (non-hydrogen) atoms. The average Bonchev–Trinajstić information content (AvgIpc) is 3.27. The molecule has 0 aliphatic carbocycles. The second-order valence-electron chi connectivity index (χ2n) is 7.21. The van der Waals surface area contributed by atoms with E-state index in [0.717, 1.165) is 4.47 Å². The van der Waals surface area contributed by atoms with Crippen LogP contribution in [0.3, 0.4) is 0 Å². The molecule has 7 heteroatoms. The Bertz CT molecular complexity index is 1120. The van der Waals surface area contributed by atoms with Crippen LogP contribution in [0.1, 0.15) is 11.6 Å². The number of halogens is 1. The summed E-state index contributed by atoms with van der Waals surface area (Å²) in [6.45, 7) is 0. The molecule has 3 aromatic carbocycles. The molecule has 0 saturated carbocycles. The summed E-state index contributed by atoms with van der Waals surface area (Å²) >= 11 is 3.44. The summed E-state index contributed by atoms with van der Waals surface area (Å²) in [4.78, 5) is 33.9. The van der Waals surface area contributed by atoms with Gasteiger partial charge in [-0.05, 0) is 42.5 Å². The van der Waals surface area contributed by atoms with Gasteiger partial charge in [0, 0.05) is 10.0 Å². The van der Waals surface area contributed by atoms with E-state index < -0.39 is 24.0 Å². The highest BCUT2D eigenvalue weighted by molar-refractivity contribution is 9.10. The van der Waals surface area contributed by atoms with E-state index in [-0.39, 0.29) is 11.7 Å². The molecule has 0 unspecified atom stereocenters. The number of benzene rings is 3. The number of carbonyl (C=O) groups is 2. The van der Waals surface area contributed by atoms with Crippen LogP contribution < -0.4 is 9.96 Å². The zero-order valence-corrected chi connectivity index (χ0v) is 17.3. The van der Waals surface area contributed by atoms with E-state index in [9.17, 15) is 14.7 Å². The summed E-state index contributed by atoms with van der Waals surface area (Å²) in [6.07, 6.45) is -0.971. The number of imide groups is 1. The van der Waals surface area contributed by atoms with E-state index in [1.807, 2.05) is 36.4 Å². The lowest BCUT2D eigenvalue weighted by molar-refractivity contribution is -0.126. The number of hydrogen-bond donors (Lipinski definition) is 1. The van der Waals surface area contributed by atoms with Crippen molar-refractivity contribution in [1.82, 2.24) is 0 Å². The van der Waals surface area contributed by atoms with E-state index in [1.54, 1.807) is 47.5 Å². The topological polar surface area (TPSA) is 70.1 Å². The fourth-order valence-corrected chi connectivity index (χ4v) is 4.50. The minimum Gasteiger partial charge on any atom is -0.508 e. The highest BCUT2D eigenvalue weighted by Crippen LogP contribution is 2.49. The number of nitrogens with zero attached hydrogens (tertiary/aromatic N) is 2. The van der Waals surface area contributed by atoms with E-state index in [0.29, 0.717) is 16.9 Å². The van der Waals surface area contributed by atoms with Crippen LogP contribution in [0.25, 0.3) is 0 Å². The van der Waals surface area contributed by atoms with Gasteiger partial charge in [0.05, 0.1) is 17.4 Å². The van der Waals surface area contributed by atoms with Crippen molar-refractivity contribution in [1.29, 1.82) is 0 Å². The number of anilines is 2. The molecule has 2 fully saturated rings. The number of para-hydroxylation sites is 2. The van der Waals surface area contributed by atoms with Crippen LogP contribution in [0.15, 0.2) is 83.3 Å². The third-order valence-electron chi connectivity index (χ3n) is 5.45. The molecule has 0 spiro atoms. The van der Waals surface area contributed by atoms with Gasteiger partial charge >= 0.3 is 0 Å². The first-order valence-corrected chi connectivity index (χ1v) is 10.3. The van der Waals surface area contributed by atoms with Gasteiger partial charge in [-0.1, -0.05) is 52.3 Å². The Morgan fingerprint density at radius 3 is 2.13 bits per heavy atom. The van der Waals surface area contributed by atoms with Gasteiger partial charge in [0.25, 0.3) is 5.91 Å². The van der Waals surface area contributed by atoms with Crippen LogP contribution in [0.2, 0.25) is 0 Å². The highest BCUT2D eigenvalue weighted by Gasteiger charge is 2.60. The zero-order chi connectivity index (χ0) is 20.8. The number of phenolic OH excluding ortho intramolecular Hbond substituents is 1. The molecule has 5 rings (SSSR count). The van der Waals surface area contributed by atoms with Gasteiger partial charge in [-0.3, -0.25) is 14.4 Å². The smallest absolute Gasteiger partial charge is 0.266 e. The highest BCUT2D eigenvalue weighted by atomic mass is 79.9. The number of phenols is 1. The number of aromatic hydroxyl groups is 1. The fraction of sp³-hybridized carbons (Fsp3) is 0.130. The number of carbonyl (C=O) groups excluding carboxylic acids is 2. The number of rotatable bonds is 3. The van der Waals surface area contributed by atoms with Crippen molar-refractivity contribution in [3.05, 3.63) is 88.9 Å². The maximum Gasteiger partial charge on any atom is 0.266 e. The largest absolute Gasteiger partial charge is 0.508 e. The van der Waals surface area contributed by atoms with E-state index in [1.165, 1.54) is 4.90 Å². The van der Waals surface area contributed by atoms with Crippen LogP contribution in [0, 0.1) is 5.92 Å². The average molecular weight is 465 g/mol. The molecule has 3 atom stereocenters. The normalized spacial score (nSPS) is 23.2. The third-order valence-corrected chi connectivity index (χ3v) is 5.94. The van der Waals surface area contributed by atoms with E-state index in [2.05, 4.69) is 15.9 Å². The number of hydroxylamine groups is 1. The molecule has 3 aromatic rings. The SMILES string of the molecule is O=C1[C@@H]2[C@@H](c3cc(Br)ccc3O)N(c3ccccc3)O[C@H]2C(=O)N1c1ccccc1. The van der Waals surface area contributed by atoms with Crippen LogP contribution in [0.5, 0.6) is 5.75 Å². The molecule has 1 N–H and O–H groups in total. The summed E-state index contributed by atoms with van der Waals surface area (Å²) < 4.78 is 0.753. The molecule has 2 heterocycles. The fourth-order valence-electron chi connectivity index (χ4n) is 4.12. The molecule has 2 amide bonds. The standard InChI is InChI=1S/C23H17BrN2O4/c24-14-11-12-18(27)17(13-14)20-19-21(30-26(20)16-9-5-2-6-10-16)23(29)25(22(19)28)15-7-3-1-4-8-15/h1-13,19-21,27H/t19-,20-,21-/m1/s1. The Kier molecular flexibility index (Phi) is 4.56. The van der Waals surface area contributed by atoms with Crippen LogP contribution in [-0.2, 0) is 14.4 Å². The third kappa shape index (κ3) is 2.89. The second kappa shape index (κ2) is 7.27. The minimum atomic E-state index is -0.971. The lowest BCUT2D eigenvalue weighted by atomic mass is 9.90. The van der Waals surface area contributed by atoms with Gasteiger partial charge in [0.1, 0.15) is 11.7 Å². The minimum absolute atomic E-state index is 0.0341. The summed E-state index contributed by atoms with van der Waals surface area (Å²) in [7, 11) is 0. The summed E-state index contributed by atoms with van der Waals surface area (Å²) in [5, 5.41) is 12.2. The van der Waals surface area contributed by atoms with E-state index in [4.69, 9.17) is 4.84 Å². The molecule has 0 aromatic heterocycles. The predicted octanol–water partition coefficient (Wildman–Crippen LogP) is 4.21. The van der Waals surface area contributed by atoms with Gasteiger partial charge in [0.15, 0.2) is 6.10 Å². The van der Waals surface area contributed by atoms with Gasteiger partial charge in [-0.15, -0.1) is 0 Å². The maximum absolute atomic E-state index is 13.5. The van der Waals surface area contributed by atoms with Crippen molar-refractivity contribution in [2.24, 2.45) is 5.92 Å². The molecule has 6 nitrogen and oxygen atoms in total. The monoisotopic (exact) mass is 464 g/mol. The molecule has 2 aliphatic heterocycles. The van der Waals surface area contributed by atoms with Crippen molar-refractivity contribution in [2.75, 3.05) is 9.96 Å². The van der Waals surface area contributed by atoms with Gasteiger partial charge in [-0.25, -0.2) is 9.96 Å². The molecular formula is C23H17BrN2O4. The Labute approximate surface area is 181 Å². The maximum atomic E-state index is 13.5. The molecule has 150 valence electrons. The van der Waals surface area contributed by atoms with Crippen LogP contribution >= 0.6 is 15.9 Å². The van der Waals surface area contributed by atoms with Crippen LogP contribution in [0.4, 0.5) is 11.4 Å². The lowest BCUT2D eigenvalue weighted by Crippen LogP contribution is -2.37. The molecule has 2 saturated heterocycles. The molecular weight excluding hydrogens is 448 g/mol. The first kappa shape index (κ1) is 18.8. The number of fused-ring (bicyclic) bond motifs is 1. The first-order valence-electron chi connectivity index (χ1n) is 9.48. The second-order valence-corrected chi connectivity index (χ2v) is 8.12. The van der Waals surface area contributed by atoms with Crippen molar-refractivity contribution in [2.45, 2.75) is 12.1 Å². The lowest BCUT2D eigenvalue weighted by Gasteiger charge is -2.29. The molecule has 2 aliphatic rings. The number of amides is 2. The molecule has 0 radical (unpaired) electrons. The quantitative estimate of drug-likeness (QED) is 0.588.